The van der Waals surface area contributed by atoms with Gasteiger partial charge < -0.3 is 15.2 Å². The molecular weight excluding hydrogens is 317 g/mol. The van der Waals surface area contributed by atoms with Crippen molar-refractivity contribution in [3.05, 3.63) is 28.2 Å². The monoisotopic (exact) mass is 333 g/mol. The maximum Gasteiger partial charge on any atom is 0.305 e. The first-order valence-electron chi connectivity index (χ1n) is 6.26. The molecule has 0 radical (unpaired) electrons. The van der Waals surface area contributed by atoms with Crippen LogP contribution < -0.4 is 10.1 Å². The standard InChI is InChI=1S/C14H17Cl2NO4/c1-8(13(20)17-14(2,3)7-12(18)19)21-11-5-4-9(15)6-10(11)16/h4-6,8H,7H2,1-3H3,(H,17,20)(H,18,19). The molecular formula is C14H17Cl2NO4. The van der Waals surface area contributed by atoms with Crippen molar-refractivity contribution in [1.29, 1.82) is 0 Å². The first-order chi connectivity index (χ1) is 9.60. The lowest BCUT2D eigenvalue weighted by molar-refractivity contribution is -0.139. The van der Waals surface area contributed by atoms with Crippen LogP contribution in [0, 0.1) is 0 Å². The number of benzene rings is 1. The van der Waals surface area contributed by atoms with Crippen molar-refractivity contribution in [3.8, 4) is 5.75 Å². The molecule has 0 heterocycles. The van der Waals surface area contributed by atoms with Crippen LogP contribution in [0.1, 0.15) is 27.2 Å². The van der Waals surface area contributed by atoms with Gasteiger partial charge in [0.05, 0.1) is 11.4 Å². The average molecular weight is 334 g/mol. The van der Waals surface area contributed by atoms with Gasteiger partial charge in [0.25, 0.3) is 5.91 Å². The molecule has 116 valence electrons. The third kappa shape index (κ3) is 5.81. The van der Waals surface area contributed by atoms with Crippen LogP contribution >= 0.6 is 23.2 Å². The van der Waals surface area contributed by atoms with E-state index in [1.807, 2.05) is 0 Å². The predicted octanol–water partition coefficient (Wildman–Crippen LogP) is 3.13. The number of carboxylic acid groups (broad SMARTS) is 1. The third-order valence-electron chi connectivity index (χ3n) is 2.62. The Balaban J connectivity index is 2.68. The van der Waals surface area contributed by atoms with Crippen molar-refractivity contribution in [1.82, 2.24) is 5.32 Å². The topological polar surface area (TPSA) is 75.6 Å². The van der Waals surface area contributed by atoms with E-state index in [2.05, 4.69) is 5.32 Å². The van der Waals surface area contributed by atoms with Crippen molar-refractivity contribution in [2.45, 2.75) is 38.8 Å². The molecule has 1 amide bonds. The summed E-state index contributed by atoms with van der Waals surface area (Å²) in [6, 6.07) is 4.68. The van der Waals surface area contributed by atoms with Crippen LogP contribution in [0.15, 0.2) is 18.2 Å². The minimum absolute atomic E-state index is 0.187. The highest BCUT2D eigenvalue weighted by molar-refractivity contribution is 6.35. The highest BCUT2D eigenvalue weighted by Gasteiger charge is 2.27. The number of rotatable bonds is 6. The summed E-state index contributed by atoms with van der Waals surface area (Å²) in [7, 11) is 0. The summed E-state index contributed by atoms with van der Waals surface area (Å²) in [5.41, 5.74) is -0.871. The molecule has 0 aliphatic rings. The van der Waals surface area contributed by atoms with E-state index in [1.54, 1.807) is 32.9 Å². The fourth-order valence-corrected chi connectivity index (χ4v) is 2.13. The molecule has 0 saturated carbocycles. The molecule has 1 aromatic carbocycles. The smallest absolute Gasteiger partial charge is 0.305 e. The van der Waals surface area contributed by atoms with Gasteiger partial charge in [-0.05, 0) is 39.0 Å². The molecule has 0 aliphatic carbocycles. The van der Waals surface area contributed by atoms with Gasteiger partial charge in [0.15, 0.2) is 6.10 Å². The largest absolute Gasteiger partial charge is 0.481 e. The van der Waals surface area contributed by atoms with Gasteiger partial charge in [-0.25, -0.2) is 0 Å². The predicted molar refractivity (Wildman–Crippen MR) is 81.0 cm³/mol. The molecule has 1 unspecified atom stereocenters. The molecule has 0 fully saturated rings. The van der Waals surface area contributed by atoms with Crippen LogP contribution in [0.5, 0.6) is 5.75 Å². The fraction of sp³-hybridized carbons (Fsp3) is 0.429. The van der Waals surface area contributed by atoms with E-state index in [0.717, 1.165) is 0 Å². The summed E-state index contributed by atoms with van der Waals surface area (Å²) >= 11 is 11.7. The molecule has 0 aliphatic heterocycles. The SMILES string of the molecule is CC(Oc1ccc(Cl)cc1Cl)C(=O)NC(C)(C)CC(=O)O. The zero-order chi connectivity index (χ0) is 16.2. The molecule has 0 spiro atoms. The zero-order valence-electron chi connectivity index (χ0n) is 11.9. The Morgan fingerprint density at radius 1 is 1.38 bits per heavy atom. The minimum Gasteiger partial charge on any atom is -0.481 e. The Labute approximate surface area is 133 Å². The van der Waals surface area contributed by atoms with E-state index in [9.17, 15) is 9.59 Å². The molecule has 0 bridgehead atoms. The molecule has 0 aromatic heterocycles. The molecule has 5 nitrogen and oxygen atoms in total. The molecule has 0 saturated heterocycles. The number of carboxylic acids is 1. The van der Waals surface area contributed by atoms with Gasteiger partial charge in [0.2, 0.25) is 0 Å². The van der Waals surface area contributed by atoms with Crippen LogP contribution in [0.25, 0.3) is 0 Å². The summed E-state index contributed by atoms with van der Waals surface area (Å²) in [4.78, 5) is 22.7. The van der Waals surface area contributed by atoms with Gasteiger partial charge in [-0.3, -0.25) is 9.59 Å². The molecule has 1 rings (SSSR count). The van der Waals surface area contributed by atoms with Crippen LogP contribution in [0.4, 0.5) is 0 Å². The van der Waals surface area contributed by atoms with E-state index < -0.39 is 23.5 Å². The van der Waals surface area contributed by atoms with E-state index >= 15 is 0 Å². The second-order valence-corrected chi connectivity index (χ2v) is 6.12. The molecule has 2 N–H and O–H groups in total. The van der Waals surface area contributed by atoms with Gasteiger partial charge in [-0.2, -0.15) is 0 Å². The highest BCUT2D eigenvalue weighted by atomic mass is 35.5. The van der Waals surface area contributed by atoms with Gasteiger partial charge in [-0.1, -0.05) is 23.2 Å². The van der Waals surface area contributed by atoms with Gasteiger partial charge >= 0.3 is 5.97 Å². The first-order valence-corrected chi connectivity index (χ1v) is 7.02. The van der Waals surface area contributed by atoms with Crippen LogP contribution in [-0.2, 0) is 9.59 Å². The number of carbonyl (C=O) groups is 2. The van der Waals surface area contributed by atoms with Crippen molar-refractivity contribution in [2.24, 2.45) is 0 Å². The van der Waals surface area contributed by atoms with E-state index in [-0.39, 0.29) is 6.42 Å². The number of amides is 1. The van der Waals surface area contributed by atoms with Gasteiger partial charge in [0.1, 0.15) is 5.75 Å². The van der Waals surface area contributed by atoms with E-state index in [0.29, 0.717) is 15.8 Å². The Bertz CT molecular complexity index is 546. The fourth-order valence-electron chi connectivity index (χ4n) is 1.67. The Morgan fingerprint density at radius 2 is 2.00 bits per heavy atom. The lowest BCUT2D eigenvalue weighted by atomic mass is 10.0. The third-order valence-corrected chi connectivity index (χ3v) is 3.15. The lowest BCUT2D eigenvalue weighted by Gasteiger charge is -2.26. The first kappa shape index (κ1) is 17.6. The van der Waals surface area contributed by atoms with Crippen molar-refractivity contribution < 1.29 is 19.4 Å². The lowest BCUT2D eigenvalue weighted by Crippen LogP contribution is -2.49. The normalized spacial score (nSPS) is 12.6. The second-order valence-electron chi connectivity index (χ2n) is 5.28. The van der Waals surface area contributed by atoms with Crippen LogP contribution in [0.3, 0.4) is 0 Å². The quantitative estimate of drug-likeness (QED) is 0.838. The number of halogens is 2. The maximum absolute atomic E-state index is 12.0. The maximum atomic E-state index is 12.0. The number of aliphatic carboxylic acids is 1. The van der Waals surface area contributed by atoms with Gasteiger partial charge in [0, 0.05) is 10.6 Å². The van der Waals surface area contributed by atoms with E-state index in [4.69, 9.17) is 33.0 Å². The van der Waals surface area contributed by atoms with Crippen LogP contribution in [0.2, 0.25) is 10.0 Å². The highest BCUT2D eigenvalue weighted by Crippen LogP contribution is 2.28. The Morgan fingerprint density at radius 3 is 2.52 bits per heavy atom. The summed E-state index contributed by atoms with van der Waals surface area (Å²) in [5.74, 6) is -1.08. The van der Waals surface area contributed by atoms with Gasteiger partial charge in [-0.15, -0.1) is 0 Å². The number of hydrogen-bond acceptors (Lipinski definition) is 3. The zero-order valence-corrected chi connectivity index (χ0v) is 13.5. The summed E-state index contributed by atoms with van der Waals surface area (Å²) in [6.07, 6.45) is -1.01. The van der Waals surface area contributed by atoms with Crippen molar-refractivity contribution >= 4 is 35.1 Å². The number of hydrogen-bond donors (Lipinski definition) is 2. The Kier molecular flexibility index (Phi) is 5.87. The van der Waals surface area contributed by atoms with Crippen LogP contribution in [-0.4, -0.2) is 28.6 Å². The van der Waals surface area contributed by atoms with E-state index in [1.165, 1.54) is 6.07 Å². The summed E-state index contributed by atoms with van der Waals surface area (Å²) in [6.45, 7) is 4.80. The number of carbonyl (C=O) groups excluding carboxylic acids is 1. The van der Waals surface area contributed by atoms with Crippen molar-refractivity contribution in [2.75, 3.05) is 0 Å². The number of ether oxygens (including phenoxy) is 1. The Hall–Kier alpha value is -1.46. The minimum atomic E-state index is -0.991. The second kappa shape index (κ2) is 7.00. The molecule has 1 aromatic rings. The number of nitrogens with one attached hydrogen (secondary N) is 1. The molecule has 1 atom stereocenters. The average Bonchev–Trinajstić information content (AvgIpc) is 2.30. The molecule has 7 heteroatoms. The summed E-state index contributed by atoms with van der Waals surface area (Å²) < 4.78 is 5.46. The molecule has 21 heavy (non-hydrogen) atoms. The summed E-state index contributed by atoms with van der Waals surface area (Å²) in [5, 5.41) is 12.2. The van der Waals surface area contributed by atoms with Crippen molar-refractivity contribution in [3.63, 3.8) is 0 Å².